The quantitative estimate of drug-likeness (QED) is 0.881. The van der Waals surface area contributed by atoms with Crippen LogP contribution in [0.2, 0.25) is 0 Å². The smallest absolute Gasteiger partial charge is 0.383 e. The van der Waals surface area contributed by atoms with Gasteiger partial charge in [0.25, 0.3) is 0 Å². The molecule has 1 aliphatic rings. The van der Waals surface area contributed by atoms with Gasteiger partial charge < -0.3 is 20.3 Å². The number of carbonyl (C=O) groups is 1. The number of rotatable bonds is 4. The van der Waals surface area contributed by atoms with Gasteiger partial charge in [-0.3, -0.25) is 4.79 Å². The van der Waals surface area contributed by atoms with Crippen LogP contribution in [0.15, 0.2) is 24.3 Å². The first-order valence-electron chi connectivity index (χ1n) is 7.28. The van der Waals surface area contributed by atoms with Gasteiger partial charge in [0, 0.05) is 39.0 Å². The number of carbonyl (C=O) groups excluding carboxylic acids is 1. The van der Waals surface area contributed by atoms with Gasteiger partial charge in [-0.15, -0.1) is 12.4 Å². The van der Waals surface area contributed by atoms with Crippen LogP contribution in [0.5, 0.6) is 0 Å². The predicted molar refractivity (Wildman–Crippen MR) is 87.3 cm³/mol. The minimum absolute atomic E-state index is 0. The van der Waals surface area contributed by atoms with Gasteiger partial charge >= 0.3 is 6.18 Å². The Hall–Kier alpha value is -1.51. The van der Waals surface area contributed by atoms with E-state index in [-0.39, 0.29) is 24.9 Å². The van der Waals surface area contributed by atoms with Gasteiger partial charge in [-0.25, -0.2) is 0 Å². The average Bonchev–Trinajstić information content (AvgIpc) is 2.54. The van der Waals surface area contributed by atoms with Crippen LogP contribution in [0.1, 0.15) is 5.56 Å². The number of alkyl halides is 3. The number of ether oxygens (including phenoxy) is 1. The van der Waals surface area contributed by atoms with E-state index >= 15 is 0 Å². The lowest BCUT2D eigenvalue weighted by atomic mass is 10.1. The highest BCUT2D eigenvalue weighted by molar-refractivity contribution is 5.85. The largest absolute Gasteiger partial charge is 0.416 e. The second-order valence-electron chi connectivity index (χ2n) is 5.42. The first kappa shape index (κ1) is 20.5. The van der Waals surface area contributed by atoms with E-state index in [1.54, 1.807) is 4.90 Å². The van der Waals surface area contributed by atoms with Crippen molar-refractivity contribution in [2.75, 3.05) is 44.8 Å². The van der Waals surface area contributed by atoms with E-state index in [0.29, 0.717) is 31.9 Å². The fourth-order valence-electron chi connectivity index (χ4n) is 2.53. The minimum Gasteiger partial charge on any atom is -0.383 e. The van der Waals surface area contributed by atoms with Crippen LogP contribution in [0.3, 0.4) is 0 Å². The van der Waals surface area contributed by atoms with Crippen molar-refractivity contribution in [3.05, 3.63) is 29.8 Å². The molecule has 2 N–H and O–H groups in total. The van der Waals surface area contributed by atoms with Crippen molar-refractivity contribution < 1.29 is 22.7 Å². The molecule has 9 heteroatoms. The van der Waals surface area contributed by atoms with Gasteiger partial charge in [0.2, 0.25) is 5.91 Å². The molecule has 1 fully saturated rings. The SMILES string of the molecule is COCC(N)C(=O)N1CCN(c2ccc(C(F)(F)F)cc2)CC1.Cl. The van der Waals surface area contributed by atoms with E-state index in [1.807, 2.05) is 4.90 Å². The van der Waals surface area contributed by atoms with Crippen molar-refractivity contribution in [2.24, 2.45) is 5.73 Å². The zero-order valence-electron chi connectivity index (χ0n) is 13.3. The molecule has 1 unspecified atom stereocenters. The Bertz CT molecular complexity index is 532. The molecule has 1 aliphatic heterocycles. The van der Waals surface area contributed by atoms with Crippen LogP contribution in [0.4, 0.5) is 18.9 Å². The summed E-state index contributed by atoms with van der Waals surface area (Å²) in [5.41, 5.74) is 5.77. The van der Waals surface area contributed by atoms with E-state index in [1.165, 1.54) is 19.2 Å². The normalized spacial score (nSPS) is 16.5. The number of benzene rings is 1. The molecule has 0 saturated carbocycles. The molecule has 1 amide bonds. The number of hydrogen-bond acceptors (Lipinski definition) is 4. The number of nitrogens with two attached hydrogens (primary N) is 1. The van der Waals surface area contributed by atoms with Crippen LogP contribution in [0, 0.1) is 0 Å². The Kier molecular flexibility index (Phi) is 7.31. The minimum atomic E-state index is -4.33. The number of anilines is 1. The van der Waals surface area contributed by atoms with Crippen molar-refractivity contribution in [3.8, 4) is 0 Å². The maximum absolute atomic E-state index is 12.6. The molecule has 0 aliphatic carbocycles. The van der Waals surface area contributed by atoms with Crippen molar-refractivity contribution in [1.29, 1.82) is 0 Å². The van der Waals surface area contributed by atoms with E-state index < -0.39 is 17.8 Å². The van der Waals surface area contributed by atoms with Crippen LogP contribution < -0.4 is 10.6 Å². The molecular formula is C15H21ClF3N3O2. The molecule has 5 nitrogen and oxygen atoms in total. The van der Waals surface area contributed by atoms with E-state index in [2.05, 4.69) is 0 Å². The lowest BCUT2D eigenvalue weighted by molar-refractivity contribution is -0.137. The van der Waals surface area contributed by atoms with Gasteiger partial charge in [0.05, 0.1) is 12.2 Å². The molecule has 0 radical (unpaired) electrons. The van der Waals surface area contributed by atoms with Crippen LogP contribution >= 0.6 is 12.4 Å². The number of methoxy groups -OCH3 is 1. The molecule has 1 heterocycles. The summed E-state index contributed by atoms with van der Waals surface area (Å²) in [6, 6.07) is 4.37. The van der Waals surface area contributed by atoms with Crippen LogP contribution in [0.25, 0.3) is 0 Å². The zero-order chi connectivity index (χ0) is 17.0. The first-order valence-corrected chi connectivity index (χ1v) is 7.28. The fourth-order valence-corrected chi connectivity index (χ4v) is 2.53. The van der Waals surface area contributed by atoms with E-state index in [4.69, 9.17) is 10.5 Å². The second kappa shape index (κ2) is 8.55. The fraction of sp³-hybridized carbons (Fsp3) is 0.533. The van der Waals surface area contributed by atoms with Crippen molar-refractivity contribution in [3.63, 3.8) is 0 Å². The lowest BCUT2D eigenvalue weighted by Gasteiger charge is -2.37. The molecule has 2 rings (SSSR count). The Labute approximate surface area is 144 Å². The molecule has 1 aromatic carbocycles. The molecule has 1 atom stereocenters. The number of amides is 1. The zero-order valence-corrected chi connectivity index (χ0v) is 14.1. The average molecular weight is 368 g/mol. The highest BCUT2D eigenvalue weighted by Crippen LogP contribution is 2.30. The topological polar surface area (TPSA) is 58.8 Å². The predicted octanol–water partition coefficient (Wildman–Crippen LogP) is 1.75. The molecule has 136 valence electrons. The standard InChI is InChI=1S/C15H20F3N3O2.ClH/c1-23-10-13(19)14(22)21-8-6-20(7-9-21)12-4-2-11(3-5-12)15(16,17)18;/h2-5,13H,6-10,19H2,1H3;1H. The third kappa shape index (κ3) is 4.99. The number of nitrogens with zero attached hydrogens (tertiary/aromatic N) is 2. The molecule has 0 spiro atoms. The maximum atomic E-state index is 12.6. The van der Waals surface area contributed by atoms with E-state index in [0.717, 1.165) is 12.1 Å². The third-order valence-electron chi connectivity index (χ3n) is 3.81. The number of hydrogen-bond donors (Lipinski definition) is 1. The monoisotopic (exact) mass is 367 g/mol. The van der Waals surface area contributed by atoms with Crippen molar-refractivity contribution in [1.82, 2.24) is 4.90 Å². The lowest BCUT2D eigenvalue weighted by Crippen LogP contribution is -2.54. The Balaban J connectivity index is 0.00000288. The number of piperazine rings is 1. The molecule has 24 heavy (non-hydrogen) atoms. The Morgan fingerprint density at radius 2 is 1.75 bits per heavy atom. The molecule has 1 saturated heterocycles. The van der Waals surface area contributed by atoms with Gasteiger partial charge in [-0.2, -0.15) is 13.2 Å². The number of halogens is 4. The summed E-state index contributed by atoms with van der Waals surface area (Å²) < 4.78 is 42.6. The molecular weight excluding hydrogens is 347 g/mol. The highest BCUT2D eigenvalue weighted by Gasteiger charge is 2.30. The summed E-state index contributed by atoms with van der Waals surface area (Å²) in [5, 5.41) is 0. The molecule has 0 bridgehead atoms. The summed E-state index contributed by atoms with van der Waals surface area (Å²) in [7, 11) is 1.48. The van der Waals surface area contributed by atoms with Gasteiger partial charge in [0.1, 0.15) is 6.04 Å². The van der Waals surface area contributed by atoms with Gasteiger partial charge in [0.15, 0.2) is 0 Å². The van der Waals surface area contributed by atoms with Crippen LogP contribution in [-0.2, 0) is 15.7 Å². The summed E-state index contributed by atoms with van der Waals surface area (Å²) in [5.74, 6) is -0.168. The summed E-state index contributed by atoms with van der Waals surface area (Å²) in [6.45, 7) is 2.24. The van der Waals surface area contributed by atoms with Gasteiger partial charge in [-0.1, -0.05) is 0 Å². The molecule has 1 aromatic rings. The highest BCUT2D eigenvalue weighted by atomic mass is 35.5. The summed E-state index contributed by atoms with van der Waals surface area (Å²) in [4.78, 5) is 15.7. The van der Waals surface area contributed by atoms with E-state index in [9.17, 15) is 18.0 Å². The summed E-state index contributed by atoms with van der Waals surface area (Å²) >= 11 is 0. The third-order valence-corrected chi connectivity index (χ3v) is 3.81. The first-order chi connectivity index (χ1) is 10.8. The Morgan fingerprint density at radius 3 is 2.21 bits per heavy atom. The van der Waals surface area contributed by atoms with Crippen molar-refractivity contribution >= 4 is 24.0 Å². The van der Waals surface area contributed by atoms with Crippen LogP contribution in [-0.4, -0.2) is 56.7 Å². The van der Waals surface area contributed by atoms with Gasteiger partial charge in [-0.05, 0) is 24.3 Å². The second-order valence-corrected chi connectivity index (χ2v) is 5.42. The molecule has 0 aromatic heterocycles. The summed E-state index contributed by atoms with van der Waals surface area (Å²) in [6.07, 6.45) is -4.33. The Morgan fingerprint density at radius 1 is 1.21 bits per heavy atom. The maximum Gasteiger partial charge on any atom is 0.416 e. The van der Waals surface area contributed by atoms with Crippen molar-refractivity contribution in [2.45, 2.75) is 12.2 Å².